The van der Waals surface area contributed by atoms with Gasteiger partial charge in [0, 0.05) is 18.0 Å². The van der Waals surface area contributed by atoms with Crippen molar-refractivity contribution in [3.63, 3.8) is 0 Å². The fourth-order valence-electron chi connectivity index (χ4n) is 1.78. The number of aryl methyl sites for hydroxylation is 2. The molecule has 0 fully saturated rings. The Balaban J connectivity index is 2.12. The molecule has 0 aliphatic carbocycles. The number of ether oxygens (including phenoxy) is 1. The zero-order valence-electron chi connectivity index (χ0n) is 11.5. The summed E-state index contributed by atoms with van der Waals surface area (Å²) < 4.78 is 10.8. The highest BCUT2D eigenvalue weighted by atomic mass is 16.5. The average Bonchev–Trinajstić information content (AvgIpc) is 2.84. The molecule has 0 aliphatic rings. The Hall–Kier alpha value is -1.88. The Bertz CT molecular complexity index is 549. The molecule has 0 amide bonds. The minimum atomic E-state index is -0.0768. The second kappa shape index (κ2) is 5.84. The van der Waals surface area contributed by atoms with Crippen molar-refractivity contribution in [3.05, 3.63) is 41.0 Å². The van der Waals surface area contributed by atoms with E-state index in [1.54, 1.807) is 0 Å². The van der Waals surface area contributed by atoms with E-state index in [2.05, 4.69) is 10.1 Å². The van der Waals surface area contributed by atoms with E-state index in [1.807, 2.05) is 39.0 Å². The molecule has 5 heteroatoms. The Morgan fingerprint density at radius 2 is 2.21 bits per heavy atom. The summed E-state index contributed by atoms with van der Waals surface area (Å²) >= 11 is 0. The van der Waals surface area contributed by atoms with E-state index in [9.17, 15) is 0 Å². The molecule has 2 rings (SSSR count). The zero-order valence-corrected chi connectivity index (χ0v) is 11.5. The summed E-state index contributed by atoms with van der Waals surface area (Å²) in [6.45, 7) is 6.20. The SMILES string of the molecule is CCc1nc(COc2cc(C)ccc2[C@H](C)N)no1. The fourth-order valence-corrected chi connectivity index (χ4v) is 1.78. The molecule has 1 aromatic heterocycles. The van der Waals surface area contributed by atoms with Crippen LogP contribution in [0.25, 0.3) is 0 Å². The van der Waals surface area contributed by atoms with Crippen molar-refractivity contribution < 1.29 is 9.26 Å². The standard InChI is InChI=1S/C14H19N3O2/c1-4-14-16-13(17-19-14)8-18-12-7-9(2)5-6-11(12)10(3)15/h5-7,10H,4,8,15H2,1-3H3/t10-/m0/s1. The molecule has 0 aliphatic heterocycles. The van der Waals surface area contributed by atoms with Gasteiger partial charge in [-0.25, -0.2) is 0 Å². The van der Waals surface area contributed by atoms with E-state index >= 15 is 0 Å². The van der Waals surface area contributed by atoms with E-state index in [-0.39, 0.29) is 12.6 Å². The second-order valence-electron chi connectivity index (χ2n) is 4.58. The number of rotatable bonds is 5. The van der Waals surface area contributed by atoms with Crippen LogP contribution in [-0.2, 0) is 13.0 Å². The fraction of sp³-hybridized carbons (Fsp3) is 0.429. The highest BCUT2D eigenvalue weighted by Gasteiger charge is 2.10. The summed E-state index contributed by atoms with van der Waals surface area (Å²) in [4.78, 5) is 4.21. The predicted molar refractivity (Wildman–Crippen MR) is 71.8 cm³/mol. The summed E-state index contributed by atoms with van der Waals surface area (Å²) in [6, 6.07) is 5.91. The number of benzene rings is 1. The van der Waals surface area contributed by atoms with Gasteiger partial charge in [0.25, 0.3) is 0 Å². The summed E-state index contributed by atoms with van der Waals surface area (Å²) in [5.41, 5.74) is 8.03. The van der Waals surface area contributed by atoms with Crippen LogP contribution in [0.4, 0.5) is 0 Å². The van der Waals surface area contributed by atoms with Gasteiger partial charge in [0.1, 0.15) is 5.75 Å². The maximum Gasteiger partial charge on any atom is 0.226 e. The maximum absolute atomic E-state index is 5.93. The minimum Gasteiger partial charge on any atom is -0.485 e. The summed E-state index contributed by atoms with van der Waals surface area (Å²) in [7, 11) is 0. The lowest BCUT2D eigenvalue weighted by Gasteiger charge is -2.13. The molecular weight excluding hydrogens is 242 g/mol. The lowest BCUT2D eigenvalue weighted by atomic mass is 10.1. The first-order valence-electron chi connectivity index (χ1n) is 6.40. The van der Waals surface area contributed by atoms with Gasteiger partial charge in [0.2, 0.25) is 11.7 Å². The Labute approximate surface area is 112 Å². The van der Waals surface area contributed by atoms with Crippen LogP contribution >= 0.6 is 0 Å². The van der Waals surface area contributed by atoms with Crippen LogP contribution in [0.15, 0.2) is 22.7 Å². The molecule has 1 heterocycles. The first-order chi connectivity index (χ1) is 9.10. The van der Waals surface area contributed by atoms with Crippen molar-refractivity contribution >= 4 is 0 Å². The normalized spacial score (nSPS) is 12.4. The summed E-state index contributed by atoms with van der Waals surface area (Å²) in [6.07, 6.45) is 0.725. The summed E-state index contributed by atoms with van der Waals surface area (Å²) in [5.74, 6) is 1.95. The largest absolute Gasteiger partial charge is 0.485 e. The van der Waals surface area contributed by atoms with Crippen LogP contribution in [0, 0.1) is 6.92 Å². The second-order valence-corrected chi connectivity index (χ2v) is 4.58. The van der Waals surface area contributed by atoms with Crippen LogP contribution in [0.2, 0.25) is 0 Å². The summed E-state index contributed by atoms with van der Waals surface area (Å²) in [5, 5.41) is 3.86. The van der Waals surface area contributed by atoms with Crippen LogP contribution in [0.5, 0.6) is 5.75 Å². The average molecular weight is 261 g/mol. The van der Waals surface area contributed by atoms with E-state index in [0.29, 0.717) is 11.7 Å². The third-order valence-electron chi connectivity index (χ3n) is 2.83. The molecule has 0 unspecified atom stereocenters. The molecular formula is C14H19N3O2. The smallest absolute Gasteiger partial charge is 0.226 e. The van der Waals surface area contributed by atoms with Crippen LogP contribution < -0.4 is 10.5 Å². The van der Waals surface area contributed by atoms with Gasteiger partial charge in [-0.1, -0.05) is 24.2 Å². The van der Waals surface area contributed by atoms with E-state index < -0.39 is 0 Å². The Kier molecular flexibility index (Phi) is 4.16. The van der Waals surface area contributed by atoms with Crippen molar-refractivity contribution in [2.24, 2.45) is 5.73 Å². The zero-order chi connectivity index (χ0) is 13.8. The number of hydrogen-bond acceptors (Lipinski definition) is 5. The molecule has 0 radical (unpaired) electrons. The van der Waals surface area contributed by atoms with Crippen molar-refractivity contribution in [1.29, 1.82) is 0 Å². The van der Waals surface area contributed by atoms with E-state index in [0.717, 1.165) is 23.3 Å². The van der Waals surface area contributed by atoms with Gasteiger partial charge in [0.15, 0.2) is 6.61 Å². The molecule has 1 atom stereocenters. The van der Waals surface area contributed by atoms with Gasteiger partial charge in [-0.15, -0.1) is 0 Å². The van der Waals surface area contributed by atoms with Crippen molar-refractivity contribution in [2.45, 2.75) is 39.8 Å². The monoisotopic (exact) mass is 261 g/mol. The molecule has 0 saturated heterocycles. The molecule has 0 bridgehead atoms. The van der Waals surface area contributed by atoms with Gasteiger partial charge < -0.3 is 15.0 Å². The quantitative estimate of drug-likeness (QED) is 0.895. The van der Waals surface area contributed by atoms with Crippen LogP contribution in [-0.4, -0.2) is 10.1 Å². The molecule has 5 nitrogen and oxygen atoms in total. The molecule has 1 aromatic carbocycles. The van der Waals surface area contributed by atoms with Crippen molar-refractivity contribution in [1.82, 2.24) is 10.1 Å². The van der Waals surface area contributed by atoms with Gasteiger partial charge in [-0.05, 0) is 25.5 Å². The molecule has 2 aromatic rings. The van der Waals surface area contributed by atoms with Gasteiger partial charge in [-0.2, -0.15) is 4.98 Å². The number of hydrogen-bond donors (Lipinski definition) is 1. The highest BCUT2D eigenvalue weighted by molar-refractivity contribution is 5.38. The predicted octanol–water partition coefficient (Wildman–Crippen LogP) is 2.54. The van der Waals surface area contributed by atoms with Crippen molar-refractivity contribution in [2.75, 3.05) is 0 Å². The molecule has 0 saturated carbocycles. The lowest BCUT2D eigenvalue weighted by molar-refractivity contribution is 0.281. The van der Waals surface area contributed by atoms with Gasteiger partial charge in [-0.3, -0.25) is 0 Å². The minimum absolute atomic E-state index is 0.0768. The topological polar surface area (TPSA) is 74.2 Å². The first kappa shape index (κ1) is 13.5. The molecule has 2 N–H and O–H groups in total. The molecule has 0 spiro atoms. The van der Waals surface area contributed by atoms with E-state index in [4.69, 9.17) is 15.0 Å². The van der Waals surface area contributed by atoms with Gasteiger partial charge in [0.05, 0.1) is 0 Å². The van der Waals surface area contributed by atoms with E-state index in [1.165, 1.54) is 0 Å². The number of nitrogens with zero attached hydrogens (tertiary/aromatic N) is 2. The third-order valence-corrected chi connectivity index (χ3v) is 2.83. The maximum atomic E-state index is 5.93. The number of aromatic nitrogens is 2. The Morgan fingerprint density at radius 1 is 1.42 bits per heavy atom. The molecule has 19 heavy (non-hydrogen) atoms. The third kappa shape index (κ3) is 3.32. The van der Waals surface area contributed by atoms with Crippen LogP contribution in [0.1, 0.15) is 42.7 Å². The highest BCUT2D eigenvalue weighted by Crippen LogP contribution is 2.25. The Morgan fingerprint density at radius 3 is 2.84 bits per heavy atom. The lowest BCUT2D eigenvalue weighted by Crippen LogP contribution is -2.08. The molecule has 102 valence electrons. The van der Waals surface area contributed by atoms with Crippen molar-refractivity contribution in [3.8, 4) is 5.75 Å². The number of nitrogens with two attached hydrogens (primary N) is 1. The first-order valence-corrected chi connectivity index (χ1v) is 6.40. The van der Waals surface area contributed by atoms with Crippen LogP contribution in [0.3, 0.4) is 0 Å². The van der Waals surface area contributed by atoms with Gasteiger partial charge >= 0.3 is 0 Å².